The number of rotatable bonds is 9. The summed E-state index contributed by atoms with van der Waals surface area (Å²) in [6, 6.07) is 17.2. The van der Waals surface area contributed by atoms with E-state index in [9.17, 15) is 9.59 Å². The van der Waals surface area contributed by atoms with Crippen molar-refractivity contribution in [2.75, 3.05) is 45.2 Å². The molecule has 0 unspecified atom stereocenters. The van der Waals surface area contributed by atoms with Gasteiger partial charge in [0.1, 0.15) is 16.5 Å². The van der Waals surface area contributed by atoms with Gasteiger partial charge in [-0.15, -0.1) is 11.3 Å². The lowest BCUT2D eigenvalue weighted by molar-refractivity contribution is 0.0645. The lowest BCUT2D eigenvalue weighted by Gasteiger charge is -2.33. The third-order valence-electron chi connectivity index (χ3n) is 6.43. The van der Waals surface area contributed by atoms with Crippen molar-refractivity contribution in [2.24, 2.45) is 0 Å². The predicted octanol–water partition coefficient (Wildman–Crippen LogP) is 5.07. The highest BCUT2D eigenvalue weighted by Gasteiger charge is 2.25. The molecule has 38 heavy (non-hydrogen) atoms. The standard InChI is InChI=1S/C29H35N5O3S/c1-22(2)34(29(36)30-24-11-13-25(37-3)14-12-24)20-27-31-26(21-38-27)28(35)33-18-16-32(17-19-33)15-7-10-23-8-5-4-6-9-23/h4-14,21-22H,15-20H2,1-3H3,(H,30,36). The summed E-state index contributed by atoms with van der Waals surface area (Å²) in [5, 5.41) is 5.46. The maximum Gasteiger partial charge on any atom is 0.322 e. The average molecular weight is 534 g/mol. The molecule has 4 rings (SSSR count). The van der Waals surface area contributed by atoms with Gasteiger partial charge in [0.05, 0.1) is 13.7 Å². The normalized spacial score (nSPS) is 14.2. The number of aromatic nitrogens is 1. The van der Waals surface area contributed by atoms with Gasteiger partial charge in [0.15, 0.2) is 0 Å². The van der Waals surface area contributed by atoms with Crippen LogP contribution in [-0.2, 0) is 6.54 Å². The first-order valence-electron chi connectivity index (χ1n) is 12.8. The number of nitrogens with zero attached hydrogens (tertiary/aromatic N) is 4. The molecular weight excluding hydrogens is 498 g/mol. The Bertz CT molecular complexity index is 1220. The topological polar surface area (TPSA) is 78.0 Å². The molecule has 0 saturated carbocycles. The van der Waals surface area contributed by atoms with E-state index in [2.05, 4.69) is 39.5 Å². The molecule has 1 aliphatic rings. The molecule has 3 aromatic rings. The summed E-state index contributed by atoms with van der Waals surface area (Å²) in [5.41, 5.74) is 2.32. The summed E-state index contributed by atoms with van der Waals surface area (Å²) in [5.74, 6) is 0.677. The number of carbonyl (C=O) groups excluding carboxylic acids is 2. The molecule has 1 aromatic heterocycles. The summed E-state index contributed by atoms with van der Waals surface area (Å²) < 4.78 is 5.17. The van der Waals surface area contributed by atoms with Crippen LogP contribution in [0.5, 0.6) is 5.75 Å². The van der Waals surface area contributed by atoms with E-state index in [4.69, 9.17) is 4.74 Å². The Hall–Kier alpha value is -3.69. The SMILES string of the molecule is COc1ccc(NC(=O)N(Cc2nc(C(=O)N3CCN(CC=Cc4ccccc4)CC3)cs2)C(C)C)cc1. The van der Waals surface area contributed by atoms with Crippen molar-refractivity contribution >= 4 is 35.0 Å². The van der Waals surface area contributed by atoms with Gasteiger partial charge in [-0.2, -0.15) is 0 Å². The van der Waals surface area contributed by atoms with Crippen LogP contribution in [-0.4, -0.2) is 77.5 Å². The highest BCUT2D eigenvalue weighted by Crippen LogP contribution is 2.19. The van der Waals surface area contributed by atoms with Crippen molar-refractivity contribution in [1.82, 2.24) is 19.7 Å². The minimum absolute atomic E-state index is 0.0414. The van der Waals surface area contributed by atoms with Crippen LogP contribution in [0.1, 0.15) is 34.9 Å². The van der Waals surface area contributed by atoms with Gasteiger partial charge in [-0.3, -0.25) is 9.69 Å². The molecule has 0 spiro atoms. The Morgan fingerprint density at radius 1 is 1.08 bits per heavy atom. The fourth-order valence-electron chi connectivity index (χ4n) is 4.18. The Kier molecular flexibility index (Phi) is 9.51. The van der Waals surface area contributed by atoms with E-state index in [0.29, 0.717) is 31.0 Å². The molecule has 0 atom stereocenters. The van der Waals surface area contributed by atoms with E-state index < -0.39 is 0 Å². The van der Waals surface area contributed by atoms with E-state index in [-0.39, 0.29) is 18.0 Å². The van der Waals surface area contributed by atoms with Gasteiger partial charge in [0.25, 0.3) is 5.91 Å². The number of ether oxygens (including phenoxy) is 1. The van der Waals surface area contributed by atoms with Gasteiger partial charge in [0.2, 0.25) is 0 Å². The van der Waals surface area contributed by atoms with Crippen LogP contribution in [0.15, 0.2) is 66.1 Å². The van der Waals surface area contributed by atoms with Gasteiger partial charge in [0, 0.05) is 49.8 Å². The van der Waals surface area contributed by atoms with E-state index in [0.717, 1.165) is 30.4 Å². The summed E-state index contributed by atoms with van der Waals surface area (Å²) in [4.78, 5) is 36.6. The van der Waals surface area contributed by atoms with Gasteiger partial charge in [-0.25, -0.2) is 9.78 Å². The first-order valence-corrected chi connectivity index (χ1v) is 13.7. The Morgan fingerprint density at radius 2 is 1.79 bits per heavy atom. The monoisotopic (exact) mass is 533 g/mol. The minimum Gasteiger partial charge on any atom is -0.497 e. The first kappa shape index (κ1) is 27.3. The van der Waals surface area contributed by atoms with Crippen LogP contribution in [0.2, 0.25) is 0 Å². The summed E-state index contributed by atoms with van der Waals surface area (Å²) in [6.45, 7) is 8.12. The summed E-state index contributed by atoms with van der Waals surface area (Å²) >= 11 is 1.41. The zero-order chi connectivity index (χ0) is 26.9. The van der Waals surface area contributed by atoms with E-state index in [1.54, 1.807) is 41.7 Å². The van der Waals surface area contributed by atoms with Crippen LogP contribution in [0.4, 0.5) is 10.5 Å². The van der Waals surface area contributed by atoms with Crippen molar-refractivity contribution in [3.05, 3.63) is 82.3 Å². The number of carbonyl (C=O) groups is 2. The number of methoxy groups -OCH3 is 1. The first-order chi connectivity index (χ1) is 18.4. The molecule has 1 N–H and O–H groups in total. The number of thiazole rings is 1. The summed E-state index contributed by atoms with van der Waals surface area (Å²) in [7, 11) is 1.60. The van der Waals surface area contributed by atoms with Gasteiger partial charge < -0.3 is 19.9 Å². The molecule has 200 valence electrons. The second-order valence-corrected chi connectivity index (χ2v) is 10.4. The van der Waals surface area contributed by atoms with Crippen molar-refractivity contribution in [3.63, 3.8) is 0 Å². The second-order valence-electron chi connectivity index (χ2n) is 9.41. The number of piperazine rings is 1. The third-order valence-corrected chi connectivity index (χ3v) is 7.27. The van der Waals surface area contributed by atoms with Crippen LogP contribution >= 0.6 is 11.3 Å². The molecule has 1 saturated heterocycles. The van der Waals surface area contributed by atoms with Crippen molar-refractivity contribution < 1.29 is 14.3 Å². The zero-order valence-corrected chi connectivity index (χ0v) is 23.0. The van der Waals surface area contributed by atoms with Crippen molar-refractivity contribution in [1.29, 1.82) is 0 Å². The van der Waals surface area contributed by atoms with Crippen LogP contribution < -0.4 is 10.1 Å². The fraction of sp³-hybridized carbons (Fsp3) is 0.345. The molecule has 1 aliphatic heterocycles. The van der Waals surface area contributed by atoms with E-state index >= 15 is 0 Å². The molecule has 0 radical (unpaired) electrons. The van der Waals surface area contributed by atoms with Crippen LogP contribution in [0.25, 0.3) is 6.08 Å². The maximum atomic E-state index is 13.1. The van der Waals surface area contributed by atoms with E-state index in [1.807, 2.05) is 36.9 Å². The largest absolute Gasteiger partial charge is 0.497 e. The van der Waals surface area contributed by atoms with Gasteiger partial charge in [-0.1, -0.05) is 42.5 Å². The number of hydrogen-bond acceptors (Lipinski definition) is 6. The van der Waals surface area contributed by atoms with Crippen molar-refractivity contribution in [3.8, 4) is 5.75 Å². The average Bonchev–Trinajstić information content (AvgIpc) is 3.41. The lowest BCUT2D eigenvalue weighted by atomic mass is 10.2. The highest BCUT2D eigenvalue weighted by molar-refractivity contribution is 7.09. The minimum atomic E-state index is -0.217. The predicted molar refractivity (Wildman–Crippen MR) is 153 cm³/mol. The summed E-state index contributed by atoms with van der Waals surface area (Å²) in [6.07, 6.45) is 4.30. The van der Waals surface area contributed by atoms with Gasteiger partial charge >= 0.3 is 6.03 Å². The fourth-order valence-corrected chi connectivity index (χ4v) is 4.95. The molecule has 1 fully saturated rings. The zero-order valence-electron chi connectivity index (χ0n) is 22.2. The number of anilines is 1. The number of benzene rings is 2. The third kappa shape index (κ3) is 7.43. The molecule has 0 bridgehead atoms. The second kappa shape index (κ2) is 13.2. The number of nitrogens with one attached hydrogen (secondary N) is 1. The highest BCUT2D eigenvalue weighted by atomic mass is 32.1. The molecule has 8 nitrogen and oxygen atoms in total. The number of urea groups is 1. The maximum absolute atomic E-state index is 13.1. The molecule has 3 amide bonds. The van der Waals surface area contributed by atoms with Gasteiger partial charge in [-0.05, 0) is 43.7 Å². The van der Waals surface area contributed by atoms with E-state index in [1.165, 1.54) is 16.9 Å². The molecule has 9 heteroatoms. The Balaban J connectivity index is 1.28. The smallest absolute Gasteiger partial charge is 0.322 e. The number of amides is 3. The quantitative estimate of drug-likeness (QED) is 0.416. The number of hydrogen-bond donors (Lipinski definition) is 1. The Labute approximate surface area is 228 Å². The molecule has 2 aromatic carbocycles. The molecular formula is C29H35N5O3S. The lowest BCUT2D eigenvalue weighted by Crippen LogP contribution is -2.48. The molecule has 0 aliphatic carbocycles. The Morgan fingerprint density at radius 3 is 2.45 bits per heavy atom. The van der Waals surface area contributed by atoms with Crippen LogP contribution in [0.3, 0.4) is 0 Å². The molecule has 2 heterocycles. The van der Waals surface area contributed by atoms with Crippen molar-refractivity contribution in [2.45, 2.75) is 26.4 Å². The van der Waals surface area contributed by atoms with Crippen LogP contribution in [0, 0.1) is 0 Å².